The first-order valence-corrected chi connectivity index (χ1v) is 5.18. The number of benzene rings is 2. The van der Waals surface area contributed by atoms with Crippen molar-refractivity contribution in [3.8, 4) is 17.2 Å². The van der Waals surface area contributed by atoms with E-state index in [0.29, 0.717) is 5.75 Å². The summed E-state index contributed by atoms with van der Waals surface area (Å²) in [5, 5.41) is 27.1. The van der Waals surface area contributed by atoms with Gasteiger partial charge in [0, 0.05) is 0 Å². The van der Waals surface area contributed by atoms with Crippen LogP contribution in [0.5, 0.6) is 17.2 Å². The first-order chi connectivity index (χ1) is 7.58. The molecule has 1 unspecified atom stereocenters. The van der Waals surface area contributed by atoms with Crippen molar-refractivity contribution < 1.29 is 15.3 Å². The van der Waals surface area contributed by atoms with Crippen molar-refractivity contribution in [3.63, 3.8) is 0 Å². The van der Waals surface area contributed by atoms with Crippen molar-refractivity contribution in [1.29, 1.82) is 0 Å². The Hall–Kier alpha value is -1.73. The summed E-state index contributed by atoms with van der Waals surface area (Å²) >= 11 is 0. The summed E-state index contributed by atoms with van der Waals surface area (Å²) in [7, 11) is 2.54. The smallest absolute Gasteiger partial charge is 0.115 e. The summed E-state index contributed by atoms with van der Waals surface area (Å²) in [4.78, 5) is 0. The minimum Gasteiger partial charge on any atom is -0.508 e. The predicted molar refractivity (Wildman–Crippen MR) is 67.2 cm³/mol. The van der Waals surface area contributed by atoms with Crippen molar-refractivity contribution in [2.75, 3.05) is 0 Å². The molecule has 0 fully saturated rings. The van der Waals surface area contributed by atoms with E-state index in [1.54, 1.807) is 12.1 Å². The van der Waals surface area contributed by atoms with E-state index in [9.17, 15) is 0 Å². The highest BCUT2D eigenvalue weighted by atomic mass is 31.0. The first-order valence-electron chi connectivity index (χ1n) is 4.60. The van der Waals surface area contributed by atoms with Crippen LogP contribution in [0.15, 0.2) is 48.5 Å². The average Bonchev–Trinajstić information content (AvgIpc) is 2.28. The molecule has 3 nitrogen and oxygen atoms in total. The van der Waals surface area contributed by atoms with Gasteiger partial charge in [-0.3, -0.25) is 0 Å². The van der Waals surface area contributed by atoms with Gasteiger partial charge in [0.25, 0.3) is 0 Å². The monoisotopic (exact) mass is 236 g/mol. The molecule has 2 aromatic rings. The van der Waals surface area contributed by atoms with Crippen molar-refractivity contribution in [1.82, 2.24) is 0 Å². The minimum absolute atomic E-state index is 0.169. The summed E-state index contributed by atoms with van der Waals surface area (Å²) < 4.78 is 0. The van der Waals surface area contributed by atoms with Crippen LogP contribution in [0.1, 0.15) is 0 Å². The second-order valence-corrected chi connectivity index (χ2v) is 3.77. The third kappa shape index (κ3) is 4.67. The highest BCUT2D eigenvalue weighted by Crippen LogP contribution is 2.13. The zero-order valence-electron chi connectivity index (χ0n) is 8.54. The van der Waals surface area contributed by atoms with Crippen LogP contribution in [-0.4, -0.2) is 15.3 Å². The molecule has 0 heterocycles. The summed E-state index contributed by atoms with van der Waals surface area (Å²) in [6.45, 7) is 0. The fourth-order valence-corrected chi connectivity index (χ4v) is 1.12. The van der Waals surface area contributed by atoms with Crippen molar-refractivity contribution >= 4 is 14.5 Å². The van der Waals surface area contributed by atoms with E-state index in [4.69, 9.17) is 15.3 Å². The Morgan fingerprint density at radius 2 is 0.812 bits per heavy atom. The molecule has 0 saturated carbocycles. The Bertz CT molecular complexity index is 338. The van der Waals surface area contributed by atoms with Gasteiger partial charge in [0.1, 0.15) is 17.2 Å². The van der Waals surface area contributed by atoms with Gasteiger partial charge in [-0.25, -0.2) is 0 Å². The lowest BCUT2D eigenvalue weighted by atomic mass is 10.3. The normalized spacial score (nSPS) is 9.06. The van der Waals surface area contributed by atoms with Gasteiger partial charge in [-0.1, -0.05) is 12.1 Å². The Labute approximate surface area is 96.2 Å². The van der Waals surface area contributed by atoms with E-state index in [1.165, 1.54) is 24.3 Å². The first kappa shape index (κ1) is 12.3. The number of rotatable bonds is 0. The zero-order valence-corrected chi connectivity index (χ0v) is 9.69. The molecule has 84 valence electrons. The molecule has 0 amide bonds. The Morgan fingerprint density at radius 3 is 1.06 bits per heavy atom. The maximum absolute atomic E-state index is 8.75. The molecular weight excluding hydrogens is 223 g/mol. The van der Waals surface area contributed by atoms with Crippen molar-refractivity contribution in [3.05, 3.63) is 48.5 Å². The number of hydrogen-bond acceptors (Lipinski definition) is 3. The third-order valence-electron chi connectivity index (χ3n) is 1.74. The summed E-state index contributed by atoms with van der Waals surface area (Å²) in [6, 6.07) is 12.7. The standard InChI is InChI=1S/C6H6O2.C6H7OP/c7-5-1-2-6(8)4-3-5;7-5-1-3-6(8)4-2-5/h1-4,7-8H;1-4,7H,8H2. The number of phenolic OH excluding ortho intramolecular Hbond substituents is 3. The van der Waals surface area contributed by atoms with Crippen LogP contribution in [0, 0.1) is 0 Å². The van der Waals surface area contributed by atoms with Gasteiger partial charge in [0.15, 0.2) is 0 Å². The second-order valence-electron chi connectivity index (χ2n) is 3.11. The van der Waals surface area contributed by atoms with E-state index in [-0.39, 0.29) is 11.5 Å². The Balaban J connectivity index is 0.000000160. The van der Waals surface area contributed by atoms with Crippen molar-refractivity contribution in [2.24, 2.45) is 0 Å². The molecule has 0 aliphatic carbocycles. The maximum atomic E-state index is 8.75. The quantitative estimate of drug-likeness (QED) is 0.484. The lowest BCUT2D eigenvalue weighted by Gasteiger charge is -1.89. The van der Waals surface area contributed by atoms with Crippen LogP contribution in [0.4, 0.5) is 0 Å². The van der Waals surface area contributed by atoms with E-state index in [0.717, 1.165) is 5.30 Å². The minimum atomic E-state index is 0.169. The summed E-state index contributed by atoms with van der Waals surface area (Å²) in [6.07, 6.45) is 0. The van der Waals surface area contributed by atoms with Crippen LogP contribution >= 0.6 is 9.24 Å². The van der Waals surface area contributed by atoms with E-state index in [1.807, 2.05) is 12.1 Å². The molecule has 3 N–H and O–H groups in total. The summed E-state index contributed by atoms with van der Waals surface area (Å²) in [5.41, 5.74) is 0. The van der Waals surface area contributed by atoms with Crippen LogP contribution in [-0.2, 0) is 0 Å². The lowest BCUT2D eigenvalue weighted by molar-refractivity contribution is 0.460. The van der Waals surface area contributed by atoms with Gasteiger partial charge >= 0.3 is 0 Å². The van der Waals surface area contributed by atoms with Gasteiger partial charge in [0.05, 0.1) is 0 Å². The molecule has 0 aliphatic rings. The average molecular weight is 236 g/mol. The van der Waals surface area contributed by atoms with E-state index >= 15 is 0 Å². The third-order valence-corrected chi connectivity index (χ3v) is 2.13. The molecule has 4 heteroatoms. The van der Waals surface area contributed by atoms with E-state index in [2.05, 4.69) is 9.24 Å². The predicted octanol–water partition coefficient (Wildman–Crippen LogP) is 1.99. The van der Waals surface area contributed by atoms with Gasteiger partial charge in [-0.05, 0) is 41.7 Å². The fourth-order valence-electron chi connectivity index (χ4n) is 0.927. The molecule has 0 radical (unpaired) electrons. The molecule has 0 saturated heterocycles. The number of phenols is 3. The van der Waals surface area contributed by atoms with Gasteiger partial charge in [0.2, 0.25) is 0 Å². The molecule has 2 aromatic carbocycles. The topological polar surface area (TPSA) is 60.7 Å². The SMILES string of the molecule is Oc1ccc(O)cc1.Oc1ccc(P)cc1. The molecule has 2 rings (SSSR count). The molecule has 0 bridgehead atoms. The van der Waals surface area contributed by atoms with Crippen LogP contribution in [0.2, 0.25) is 0 Å². The molecule has 0 aromatic heterocycles. The maximum Gasteiger partial charge on any atom is 0.115 e. The Kier molecular flexibility index (Phi) is 4.62. The van der Waals surface area contributed by atoms with Crippen LogP contribution in [0.3, 0.4) is 0 Å². The van der Waals surface area contributed by atoms with Gasteiger partial charge in [-0.15, -0.1) is 9.24 Å². The molecule has 1 atom stereocenters. The second kappa shape index (κ2) is 5.99. The highest BCUT2D eigenvalue weighted by molar-refractivity contribution is 7.27. The van der Waals surface area contributed by atoms with E-state index < -0.39 is 0 Å². The lowest BCUT2D eigenvalue weighted by Crippen LogP contribution is -1.83. The van der Waals surface area contributed by atoms with Gasteiger partial charge < -0.3 is 15.3 Å². The van der Waals surface area contributed by atoms with Gasteiger partial charge in [-0.2, -0.15) is 0 Å². The van der Waals surface area contributed by atoms with Crippen molar-refractivity contribution in [2.45, 2.75) is 0 Å². The number of aromatic hydroxyl groups is 3. The van der Waals surface area contributed by atoms with Crippen LogP contribution in [0.25, 0.3) is 0 Å². The molecule has 0 spiro atoms. The fraction of sp³-hybridized carbons (Fsp3) is 0. The zero-order chi connectivity index (χ0) is 12.0. The largest absolute Gasteiger partial charge is 0.508 e. The summed E-state index contributed by atoms with van der Waals surface area (Å²) in [5.74, 6) is 0.654. The highest BCUT2D eigenvalue weighted by Gasteiger charge is 1.84. The Morgan fingerprint density at radius 1 is 0.562 bits per heavy atom. The molecule has 16 heavy (non-hydrogen) atoms. The molecule has 0 aliphatic heterocycles. The number of hydrogen-bond donors (Lipinski definition) is 3. The molecular formula is C12H13O3P. The van der Waals surface area contributed by atoms with Crippen LogP contribution < -0.4 is 5.30 Å².